The van der Waals surface area contributed by atoms with E-state index in [4.69, 9.17) is 4.74 Å². The van der Waals surface area contributed by atoms with Crippen molar-refractivity contribution >= 4 is 17.0 Å². The fraction of sp³-hybridized carbons (Fsp3) is 0.269. The number of nitrogens with zero attached hydrogens (tertiary/aromatic N) is 5. The smallest absolute Gasteiger partial charge is 0.158 e. The highest BCUT2D eigenvalue weighted by atomic mass is 16.5. The van der Waals surface area contributed by atoms with E-state index in [9.17, 15) is 0 Å². The summed E-state index contributed by atoms with van der Waals surface area (Å²) in [6, 6.07) is 12.0. The van der Waals surface area contributed by atoms with E-state index in [1.807, 2.05) is 59.7 Å². The van der Waals surface area contributed by atoms with Crippen molar-refractivity contribution < 1.29 is 4.74 Å². The number of aryl methyl sites for hydroxylation is 2. The van der Waals surface area contributed by atoms with Crippen molar-refractivity contribution in [2.24, 2.45) is 12.0 Å². The predicted octanol–water partition coefficient (Wildman–Crippen LogP) is 4.42. The lowest BCUT2D eigenvalue weighted by Crippen LogP contribution is -2.26. The van der Waals surface area contributed by atoms with Crippen LogP contribution >= 0.6 is 0 Å². The van der Waals surface area contributed by atoms with Crippen LogP contribution in [0.3, 0.4) is 0 Å². The third kappa shape index (κ3) is 4.45. The van der Waals surface area contributed by atoms with Gasteiger partial charge in [0.1, 0.15) is 28.8 Å². The van der Waals surface area contributed by atoms with Crippen LogP contribution in [0.15, 0.2) is 72.9 Å². The Kier molecular flexibility index (Phi) is 6.14. The fourth-order valence-electron chi connectivity index (χ4n) is 4.46. The zero-order chi connectivity index (χ0) is 23.5. The second kappa shape index (κ2) is 9.52. The monoisotopic (exact) mass is 455 g/mol. The third-order valence-corrected chi connectivity index (χ3v) is 6.25. The number of benzene rings is 1. The molecule has 4 heterocycles. The van der Waals surface area contributed by atoms with Crippen LogP contribution in [0.25, 0.3) is 5.52 Å². The van der Waals surface area contributed by atoms with E-state index in [1.54, 1.807) is 6.33 Å². The second-order valence-corrected chi connectivity index (χ2v) is 8.55. The van der Waals surface area contributed by atoms with Gasteiger partial charge >= 0.3 is 0 Å². The van der Waals surface area contributed by atoms with E-state index in [-0.39, 0.29) is 0 Å². The first-order valence-electron chi connectivity index (χ1n) is 11.5. The van der Waals surface area contributed by atoms with Crippen molar-refractivity contribution in [1.82, 2.24) is 24.5 Å². The Hall–Kier alpha value is -3.91. The molecule has 1 aromatic carbocycles. The highest BCUT2D eigenvalue weighted by Gasteiger charge is 2.21. The third-order valence-electron chi connectivity index (χ3n) is 6.25. The Labute approximate surface area is 198 Å². The number of hydrogen-bond acceptors (Lipinski definition) is 6. The van der Waals surface area contributed by atoms with Crippen molar-refractivity contribution in [1.29, 1.82) is 0 Å². The molecule has 0 spiro atoms. The first-order chi connectivity index (χ1) is 16.6. The summed E-state index contributed by atoms with van der Waals surface area (Å²) in [5.74, 6) is 2.84. The molecule has 5 rings (SSSR count). The number of aromatic nitrogens is 4. The molecule has 0 aliphatic carbocycles. The SMILES string of the molecule is C=CN=c1cc(Oc2ccc(Nc3ncnn4ccc(C5CCNCC5)c34)cc2C)ccn1C. The largest absolute Gasteiger partial charge is 0.457 e. The summed E-state index contributed by atoms with van der Waals surface area (Å²) in [4.78, 5) is 8.85. The maximum Gasteiger partial charge on any atom is 0.158 e. The van der Waals surface area contributed by atoms with Crippen LogP contribution < -0.4 is 20.9 Å². The van der Waals surface area contributed by atoms with Crippen molar-refractivity contribution in [2.45, 2.75) is 25.7 Å². The van der Waals surface area contributed by atoms with Crippen molar-refractivity contribution in [3.8, 4) is 11.5 Å². The van der Waals surface area contributed by atoms with Gasteiger partial charge in [-0.1, -0.05) is 6.58 Å². The molecule has 1 aliphatic heterocycles. The average Bonchev–Trinajstić information content (AvgIpc) is 3.29. The van der Waals surface area contributed by atoms with Gasteiger partial charge in [-0.15, -0.1) is 0 Å². The molecule has 0 radical (unpaired) electrons. The van der Waals surface area contributed by atoms with Crippen LogP contribution in [0.4, 0.5) is 11.5 Å². The minimum atomic E-state index is 0.515. The van der Waals surface area contributed by atoms with Gasteiger partial charge in [0.25, 0.3) is 0 Å². The molecule has 0 saturated carbocycles. The van der Waals surface area contributed by atoms with Crippen LogP contribution in [0.1, 0.15) is 29.9 Å². The molecule has 0 amide bonds. The summed E-state index contributed by atoms with van der Waals surface area (Å²) in [6.45, 7) is 7.80. The molecule has 1 aliphatic rings. The Morgan fingerprint density at radius 1 is 1.18 bits per heavy atom. The number of ether oxygens (including phenoxy) is 1. The van der Waals surface area contributed by atoms with E-state index in [1.165, 1.54) is 11.8 Å². The number of nitrogens with one attached hydrogen (secondary N) is 2. The van der Waals surface area contributed by atoms with E-state index in [2.05, 4.69) is 44.4 Å². The lowest BCUT2D eigenvalue weighted by Gasteiger charge is -2.22. The van der Waals surface area contributed by atoms with E-state index in [0.717, 1.165) is 65.5 Å². The predicted molar refractivity (Wildman–Crippen MR) is 134 cm³/mol. The number of pyridine rings is 1. The summed E-state index contributed by atoms with van der Waals surface area (Å²) < 4.78 is 9.97. The molecule has 0 unspecified atom stereocenters. The van der Waals surface area contributed by atoms with Crippen molar-refractivity contribution in [3.05, 3.63) is 84.5 Å². The summed E-state index contributed by atoms with van der Waals surface area (Å²) in [7, 11) is 1.93. The van der Waals surface area contributed by atoms with Crippen molar-refractivity contribution in [3.63, 3.8) is 0 Å². The maximum atomic E-state index is 6.14. The summed E-state index contributed by atoms with van der Waals surface area (Å²) >= 11 is 0. The molecule has 2 N–H and O–H groups in total. The fourth-order valence-corrected chi connectivity index (χ4v) is 4.46. The molecule has 174 valence electrons. The molecule has 1 saturated heterocycles. The number of rotatable bonds is 6. The molecule has 0 atom stereocenters. The van der Waals surface area contributed by atoms with Gasteiger partial charge in [0.05, 0.1) is 0 Å². The molecule has 1 fully saturated rings. The van der Waals surface area contributed by atoms with Gasteiger partial charge in [0.15, 0.2) is 5.82 Å². The van der Waals surface area contributed by atoms with Crippen LogP contribution in [0.5, 0.6) is 11.5 Å². The topological polar surface area (TPSA) is 80.8 Å². The van der Waals surface area contributed by atoms with Gasteiger partial charge in [-0.25, -0.2) is 14.5 Å². The minimum absolute atomic E-state index is 0.515. The average molecular weight is 456 g/mol. The Balaban J connectivity index is 1.41. The quantitative estimate of drug-likeness (QED) is 0.450. The zero-order valence-electron chi connectivity index (χ0n) is 19.5. The van der Waals surface area contributed by atoms with E-state index >= 15 is 0 Å². The Morgan fingerprint density at radius 3 is 2.82 bits per heavy atom. The van der Waals surface area contributed by atoms with Gasteiger partial charge in [-0.3, -0.25) is 0 Å². The number of hydrogen-bond donors (Lipinski definition) is 2. The van der Waals surface area contributed by atoms with Gasteiger partial charge < -0.3 is 19.9 Å². The van der Waals surface area contributed by atoms with Crippen molar-refractivity contribution in [2.75, 3.05) is 18.4 Å². The van der Waals surface area contributed by atoms with Crippen LogP contribution in [-0.4, -0.2) is 32.3 Å². The van der Waals surface area contributed by atoms with Crippen LogP contribution in [0.2, 0.25) is 0 Å². The first kappa shape index (κ1) is 21.9. The molecule has 8 heteroatoms. The molecule has 8 nitrogen and oxygen atoms in total. The normalized spacial score (nSPS) is 14.9. The minimum Gasteiger partial charge on any atom is -0.457 e. The second-order valence-electron chi connectivity index (χ2n) is 8.55. The molecular weight excluding hydrogens is 426 g/mol. The number of fused-ring (bicyclic) bond motifs is 1. The van der Waals surface area contributed by atoms with Crippen LogP contribution in [0, 0.1) is 6.92 Å². The van der Waals surface area contributed by atoms with Gasteiger partial charge in [0, 0.05) is 37.4 Å². The Bertz CT molecular complexity index is 1400. The standard InChI is InChI=1S/C26H29N7O/c1-4-28-24-16-21(9-13-32(24)3)34-23-6-5-20(15-18(23)2)31-26-25-22(19-7-11-27-12-8-19)10-14-33(25)30-17-29-26/h4-6,9-10,13-17,19,27H,1,7-8,11-12H2,2-3H3,(H,29,30,31). The summed E-state index contributed by atoms with van der Waals surface area (Å²) in [5.41, 5.74) is 5.08. The molecule has 0 bridgehead atoms. The van der Waals surface area contributed by atoms with Gasteiger partial charge in [-0.2, -0.15) is 5.10 Å². The van der Waals surface area contributed by atoms with E-state index < -0.39 is 0 Å². The molecule has 3 aromatic heterocycles. The maximum absolute atomic E-state index is 6.14. The van der Waals surface area contributed by atoms with Crippen LogP contribution in [-0.2, 0) is 7.05 Å². The van der Waals surface area contributed by atoms with E-state index in [0.29, 0.717) is 5.92 Å². The first-order valence-corrected chi connectivity index (χ1v) is 11.5. The zero-order valence-corrected chi connectivity index (χ0v) is 19.5. The lowest BCUT2D eigenvalue weighted by molar-refractivity contribution is 0.462. The molecule has 34 heavy (non-hydrogen) atoms. The summed E-state index contributed by atoms with van der Waals surface area (Å²) in [6.07, 6.45) is 9.30. The molecular formula is C26H29N7O. The Morgan fingerprint density at radius 2 is 2.03 bits per heavy atom. The molecule has 4 aromatic rings. The highest BCUT2D eigenvalue weighted by Crippen LogP contribution is 2.34. The lowest BCUT2D eigenvalue weighted by atomic mass is 9.91. The van der Waals surface area contributed by atoms with Gasteiger partial charge in [-0.05, 0) is 80.2 Å². The van der Waals surface area contributed by atoms with Gasteiger partial charge in [0.2, 0.25) is 0 Å². The number of piperidine rings is 1. The summed E-state index contributed by atoms with van der Waals surface area (Å²) in [5, 5.41) is 11.4. The highest BCUT2D eigenvalue weighted by molar-refractivity contribution is 5.77. The number of anilines is 2.